The van der Waals surface area contributed by atoms with E-state index in [2.05, 4.69) is 27.7 Å². The van der Waals surface area contributed by atoms with Crippen LogP contribution in [0.5, 0.6) is 0 Å². The van der Waals surface area contributed by atoms with Gasteiger partial charge < -0.3 is 5.41 Å². The van der Waals surface area contributed by atoms with Gasteiger partial charge in [-0.1, -0.05) is 27.7 Å². The molecule has 1 radical (unpaired) electrons. The predicted molar refractivity (Wildman–Crippen MR) is 50.9 cm³/mol. The van der Waals surface area contributed by atoms with Gasteiger partial charge in [0.15, 0.2) is 0 Å². The molecule has 0 saturated heterocycles. The second-order valence-electron chi connectivity index (χ2n) is 3.88. The third kappa shape index (κ3) is 2.64. The van der Waals surface area contributed by atoms with Crippen LogP contribution in [0.1, 0.15) is 40.5 Å². The maximum absolute atomic E-state index is 7.58. The molecule has 0 aliphatic rings. The van der Waals surface area contributed by atoms with E-state index in [1.54, 1.807) is 0 Å². The van der Waals surface area contributed by atoms with Gasteiger partial charge in [-0.05, 0) is 25.2 Å². The fourth-order valence-electron chi connectivity index (χ4n) is 1.62. The highest BCUT2D eigenvalue weighted by atomic mass is 14.5. The molecule has 0 aromatic rings. The smallest absolute Gasteiger partial charge is 0.00943 e. The van der Waals surface area contributed by atoms with Crippen molar-refractivity contribution in [3.8, 4) is 0 Å². The molecule has 0 aromatic carbocycles. The minimum Gasteiger partial charge on any atom is -0.310 e. The van der Waals surface area contributed by atoms with Gasteiger partial charge in [-0.2, -0.15) is 0 Å². The Balaban J connectivity index is 4.36. The molecule has 0 aromatic heterocycles. The second kappa shape index (κ2) is 3.89. The quantitative estimate of drug-likeness (QED) is 0.601. The maximum atomic E-state index is 7.58. The van der Waals surface area contributed by atoms with Crippen LogP contribution in [-0.2, 0) is 0 Å². The van der Waals surface area contributed by atoms with Crippen molar-refractivity contribution in [2.75, 3.05) is 0 Å². The highest BCUT2D eigenvalue weighted by molar-refractivity contribution is 5.81. The summed E-state index contributed by atoms with van der Waals surface area (Å²) in [5.41, 5.74) is 0.988. The van der Waals surface area contributed by atoms with Crippen LogP contribution in [0.15, 0.2) is 0 Å². The van der Waals surface area contributed by atoms with Crippen LogP contribution >= 0.6 is 0 Å². The van der Waals surface area contributed by atoms with E-state index in [4.69, 9.17) is 5.41 Å². The molecular formula is C10H20N. The third-order valence-electron chi connectivity index (χ3n) is 2.52. The summed E-state index contributed by atoms with van der Waals surface area (Å²) >= 11 is 0. The largest absolute Gasteiger partial charge is 0.310 e. The lowest BCUT2D eigenvalue weighted by atomic mass is 9.73. The van der Waals surface area contributed by atoms with E-state index < -0.39 is 0 Å². The highest BCUT2D eigenvalue weighted by Crippen LogP contribution is 2.33. The monoisotopic (exact) mass is 154 g/mol. The summed E-state index contributed by atoms with van der Waals surface area (Å²) in [6.45, 7) is 12.3. The van der Waals surface area contributed by atoms with Gasteiger partial charge in [0.1, 0.15) is 0 Å². The van der Waals surface area contributed by atoms with Gasteiger partial charge in [0, 0.05) is 11.6 Å². The number of hydrogen-bond donors (Lipinski definition) is 1. The Morgan fingerprint density at radius 1 is 1.55 bits per heavy atom. The molecule has 0 spiro atoms. The minimum absolute atomic E-state index is 0.195. The lowest BCUT2D eigenvalue weighted by Crippen LogP contribution is -2.28. The summed E-state index contributed by atoms with van der Waals surface area (Å²) in [5, 5.41) is 7.58. The Hall–Kier alpha value is -0.330. The van der Waals surface area contributed by atoms with Crippen LogP contribution in [0.3, 0.4) is 0 Å². The SMILES string of the molecule is [CH2]CC(C)(C)[C@H](CC)C(C)=N. The standard InChI is InChI=1S/C10H20N/c1-6-9(8(3)11)10(4,5)7-2/h9,11H,2,6-7H2,1,3-5H3/t9-/m1/s1. The summed E-state index contributed by atoms with van der Waals surface area (Å²) in [4.78, 5) is 0. The van der Waals surface area contributed by atoms with Crippen molar-refractivity contribution in [2.45, 2.75) is 40.5 Å². The summed E-state index contributed by atoms with van der Waals surface area (Å²) in [6, 6.07) is 0. The Labute approximate surface area is 70.7 Å². The fraction of sp³-hybridized carbons (Fsp3) is 0.800. The van der Waals surface area contributed by atoms with E-state index in [0.29, 0.717) is 5.92 Å². The third-order valence-corrected chi connectivity index (χ3v) is 2.52. The molecule has 0 rings (SSSR count). The summed E-state index contributed by atoms with van der Waals surface area (Å²) in [7, 11) is 0. The van der Waals surface area contributed by atoms with Gasteiger partial charge >= 0.3 is 0 Å². The van der Waals surface area contributed by atoms with Crippen molar-refractivity contribution >= 4 is 5.71 Å². The normalized spacial score (nSPS) is 14.6. The number of rotatable bonds is 4. The van der Waals surface area contributed by atoms with Gasteiger partial charge in [-0.3, -0.25) is 0 Å². The first-order chi connectivity index (χ1) is 4.95. The van der Waals surface area contributed by atoms with Gasteiger partial charge in [0.05, 0.1) is 0 Å². The molecule has 0 aliphatic carbocycles. The molecule has 0 aliphatic heterocycles. The summed E-state index contributed by atoms with van der Waals surface area (Å²) in [5.74, 6) is 0.403. The number of nitrogens with one attached hydrogen (secondary N) is 1. The summed E-state index contributed by atoms with van der Waals surface area (Å²) in [6.07, 6.45) is 1.96. The molecule has 1 atom stereocenters. The topological polar surface area (TPSA) is 23.9 Å². The van der Waals surface area contributed by atoms with Gasteiger partial charge in [0.25, 0.3) is 0 Å². The average Bonchev–Trinajstić information content (AvgIpc) is 1.88. The van der Waals surface area contributed by atoms with Crippen molar-refractivity contribution in [3.05, 3.63) is 6.92 Å². The fourth-order valence-corrected chi connectivity index (χ4v) is 1.62. The Kier molecular flexibility index (Phi) is 3.77. The van der Waals surface area contributed by atoms with E-state index in [-0.39, 0.29) is 5.41 Å². The molecule has 65 valence electrons. The predicted octanol–water partition coefficient (Wildman–Crippen LogP) is 3.30. The first-order valence-corrected chi connectivity index (χ1v) is 4.30. The zero-order chi connectivity index (χ0) is 9.07. The van der Waals surface area contributed by atoms with Gasteiger partial charge in [0.2, 0.25) is 0 Å². The van der Waals surface area contributed by atoms with Crippen LogP contribution in [0.2, 0.25) is 0 Å². The van der Waals surface area contributed by atoms with Crippen molar-refractivity contribution < 1.29 is 0 Å². The molecule has 0 heterocycles. The van der Waals surface area contributed by atoms with E-state index in [9.17, 15) is 0 Å². The Morgan fingerprint density at radius 2 is 2.00 bits per heavy atom. The van der Waals surface area contributed by atoms with E-state index in [1.165, 1.54) is 0 Å². The van der Waals surface area contributed by atoms with Crippen LogP contribution in [-0.4, -0.2) is 5.71 Å². The zero-order valence-corrected chi connectivity index (χ0v) is 8.20. The molecule has 0 fully saturated rings. The van der Waals surface area contributed by atoms with Crippen LogP contribution < -0.4 is 0 Å². The first-order valence-electron chi connectivity index (χ1n) is 4.30. The molecule has 0 saturated carbocycles. The lowest BCUT2D eigenvalue weighted by molar-refractivity contribution is 0.271. The van der Waals surface area contributed by atoms with Crippen molar-refractivity contribution in [2.24, 2.45) is 11.3 Å². The minimum atomic E-state index is 0.195. The Morgan fingerprint density at radius 3 is 2.09 bits per heavy atom. The zero-order valence-electron chi connectivity index (χ0n) is 8.20. The van der Waals surface area contributed by atoms with Crippen LogP contribution in [0.25, 0.3) is 0 Å². The molecule has 1 N–H and O–H groups in total. The molecule has 0 unspecified atom stereocenters. The maximum Gasteiger partial charge on any atom is 0.00943 e. The van der Waals surface area contributed by atoms with Crippen LogP contribution in [0.4, 0.5) is 0 Å². The number of hydrogen-bond acceptors (Lipinski definition) is 1. The lowest BCUT2D eigenvalue weighted by Gasteiger charge is -2.32. The molecule has 1 nitrogen and oxygen atoms in total. The van der Waals surface area contributed by atoms with Crippen LogP contribution in [0, 0.1) is 23.7 Å². The van der Waals surface area contributed by atoms with E-state index in [0.717, 1.165) is 18.6 Å². The first kappa shape index (κ1) is 10.7. The average molecular weight is 154 g/mol. The molecule has 0 bridgehead atoms. The van der Waals surface area contributed by atoms with Crippen molar-refractivity contribution in [1.82, 2.24) is 0 Å². The molecule has 11 heavy (non-hydrogen) atoms. The van der Waals surface area contributed by atoms with E-state index >= 15 is 0 Å². The summed E-state index contributed by atoms with van der Waals surface area (Å²) < 4.78 is 0. The van der Waals surface area contributed by atoms with Crippen molar-refractivity contribution in [3.63, 3.8) is 0 Å². The second-order valence-corrected chi connectivity index (χ2v) is 3.88. The van der Waals surface area contributed by atoms with E-state index in [1.807, 2.05) is 6.92 Å². The van der Waals surface area contributed by atoms with Gasteiger partial charge in [-0.25, -0.2) is 0 Å². The molecule has 0 amide bonds. The highest BCUT2D eigenvalue weighted by Gasteiger charge is 2.27. The molecular weight excluding hydrogens is 134 g/mol. The van der Waals surface area contributed by atoms with Gasteiger partial charge in [-0.15, -0.1) is 0 Å². The Bertz CT molecular complexity index is 136. The van der Waals surface area contributed by atoms with Crippen molar-refractivity contribution in [1.29, 1.82) is 5.41 Å². The molecule has 1 heteroatoms.